The van der Waals surface area contributed by atoms with Gasteiger partial charge in [-0.3, -0.25) is 10.1 Å². The van der Waals surface area contributed by atoms with Gasteiger partial charge in [-0.25, -0.2) is 4.98 Å². The van der Waals surface area contributed by atoms with Gasteiger partial charge in [0, 0.05) is 6.08 Å². The van der Waals surface area contributed by atoms with Crippen LogP contribution in [0, 0.1) is 0 Å². The van der Waals surface area contributed by atoms with Crippen molar-refractivity contribution in [3.8, 4) is 11.5 Å². The number of aromatic nitrogens is 1. The number of anilines is 1. The van der Waals surface area contributed by atoms with E-state index in [0.29, 0.717) is 11.7 Å². The number of ether oxygens (including phenoxy) is 2. The molecular formula is C19H18N2O3S. The molecule has 3 rings (SSSR count). The van der Waals surface area contributed by atoms with E-state index in [-0.39, 0.29) is 5.91 Å². The summed E-state index contributed by atoms with van der Waals surface area (Å²) in [6.45, 7) is 2.56. The molecule has 1 N–H and O–H groups in total. The topological polar surface area (TPSA) is 60.5 Å². The van der Waals surface area contributed by atoms with Gasteiger partial charge in [0.1, 0.15) is 11.5 Å². The van der Waals surface area contributed by atoms with Crippen molar-refractivity contribution in [1.29, 1.82) is 0 Å². The summed E-state index contributed by atoms with van der Waals surface area (Å²) in [4.78, 5) is 16.5. The van der Waals surface area contributed by atoms with Gasteiger partial charge in [-0.1, -0.05) is 23.5 Å². The summed E-state index contributed by atoms with van der Waals surface area (Å²) in [6, 6.07) is 13.2. The van der Waals surface area contributed by atoms with E-state index < -0.39 is 0 Å². The average molecular weight is 354 g/mol. The van der Waals surface area contributed by atoms with Crippen LogP contribution in [0.25, 0.3) is 16.3 Å². The Morgan fingerprint density at radius 3 is 2.92 bits per heavy atom. The number of methoxy groups -OCH3 is 1. The van der Waals surface area contributed by atoms with Gasteiger partial charge >= 0.3 is 0 Å². The largest absolute Gasteiger partial charge is 0.497 e. The Morgan fingerprint density at radius 2 is 2.12 bits per heavy atom. The first-order chi connectivity index (χ1) is 12.2. The van der Waals surface area contributed by atoms with Crippen LogP contribution in [0.15, 0.2) is 48.5 Å². The standard InChI is InChI=1S/C19H18N2O3S/c1-3-24-15-8-9-16-17(12-15)25-19(20-16)21-18(22)10-7-13-5-4-6-14(11-13)23-2/h4-12H,3H2,1-2H3,(H,20,21,22)/b10-7+. The van der Waals surface area contributed by atoms with Gasteiger partial charge in [0.05, 0.1) is 23.9 Å². The molecule has 0 saturated carbocycles. The fourth-order valence-electron chi connectivity index (χ4n) is 2.28. The Morgan fingerprint density at radius 1 is 1.24 bits per heavy atom. The molecule has 1 aromatic heterocycles. The molecular weight excluding hydrogens is 336 g/mol. The predicted octanol–water partition coefficient (Wildman–Crippen LogP) is 4.36. The number of rotatable bonds is 6. The zero-order chi connectivity index (χ0) is 17.6. The molecule has 128 valence electrons. The summed E-state index contributed by atoms with van der Waals surface area (Å²) in [6.07, 6.45) is 3.21. The highest BCUT2D eigenvalue weighted by molar-refractivity contribution is 7.22. The zero-order valence-electron chi connectivity index (χ0n) is 14.0. The number of amides is 1. The van der Waals surface area contributed by atoms with Crippen LogP contribution in [0.5, 0.6) is 11.5 Å². The van der Waals surface area contributed by atoms with Crippen molar-refractivity contribution in [2.45, 2.75) is 6.92 Å². The molecule has 0 radical (unpaired) electrons. The minimum atomic E-state index is -0.230. The maximum absolute atomic E-state index is 12.1. The van der Waals surface area contributed by atoms with Crippen LogP contribution in [-0.4, -0.2) is 24.6 Å². The van der Waals surface area contributed by atoms with Crippen molar-refractivity contribution in [1.82, 2.24) is 4.98 Å². The number of nitrogens with one attached hydrogen (secondary N) is 1. The number of benzene rings is 2. The molecule has 0 saturated heterocycles. The molecule has 0 aliphatic carbocycles. The highest BCUT2D eigenvalue weighted by atomic mass is 32.1. The Labute approximate surface area is 149 Å². The first-order valence-corrected chi connectivity index (χ1v) is 8.66. The van der Waals surface area contributed by atoms with Crippen LogP contribution in [-0.2, 0) is 4.79 Å². The fourth-order valence-corrected chi connectivity index (χ4v) is 3.18. The number of carbonyl (C=O) groups is 1. The molecule has 0 atom stereocenters. The van der Waals surface area contributed by atoms with Gasteiger partial charge in [0.2, 0.25) is 5.91 Å². The second-order valence-corrected chi connectivity index (χ2v) is 6.21. The van der Waals surface area contributed by atoms with Crippen molar-refractivity contribution in [2.75, 3.05) is 19.0 Å². The van der Waals surface area contributed by atoms with E-state index in [2.05, 4.69) is 10.3 Å². The third-order valence-corrected chi connectivity index (χ3v) is 4.36. The van der Waals surface area contributed by atoms with Gasteiger partial charge in [-0.15, -0.1) is 0 Å². The van der Waals surface area contributed by atoms with Gasteiger partial charge in [-0.05, 0) is 48.9 Å². The third-order valence-electron chi connectivity index (χ3n) is 3.42. The summed E-state index contributed by atoms with van der Waals surface area (Å²) in [5, 5.41) is 3.35. The lowest BCUT2D eigenvalue weighted by molar-refractivity contribution is -0.111. The normalized spacial score (nSPS) is 11.0. The predicted molar refractivity (Wildman–Crippen MR) is 101 cm³/mol. The molecule has 0 spiro atoms. The molecule has 0 bridgehead atoms. The van der Waals surface area contributed by atoms with E-state index >= 15 is 0 Å². The van der Waals surface area contributed by atoms with Crippen molar-refractivity contribution >= 4 is 38.7 Å². The number of nitrogens with zero attached hydrogens (tertiary/aromatic N) is 1. The quantitative estimate of drug-likeness (QED) is 0.668. The number of hydrogen-bond acceptors (Lipinski definition) is 5. The number of thiazole rings is 1. The van der Waals surface area contributed by atoms with Gasteiger partial charge in [0.25, 0.3) is 0 Å². The van der Waals surface area contributed by atoms with Crippen LogP contribution in [0.3, 0.4) is 0 Å². The molecule has 1 amide bonds. The van der Waals surface area contributed by atoms with E-state index in [1.165, 1.54) is 17.4 Å². The summed E-state index contributed by atoms with van der Waals surface area (Å²) < 4.78 is 11.6. The lowest BCUT2D eigenvalue weighted by atomic mass is 10.2. The van der Waals surface area contributed by atoms with Crippen molar-refractivity contribution in [2.24, 2.45) is 0 Å². The molecule has 1 heterocycles. The van der Waals surface area contributed by atoms with Crippen LogP contribution in [0.4, 0.5) is 5.13 Å². The van der Waals surface area contributed by atoms with E-state index in [1.807, 2.05) is 49.4 Å². The van der Waals surface area contributed by atoms with E-state index in [0.717, 1.165) is 27.3 Å². The smallest absolute Gasteiger partial charge is 0.250 e. The second-order valence-electron chi connectivity index (χ2n) is 5.18. The monoisotopic (exact) mass is 354 g/mol. The van der Waals surface area contributed by atoms with Crippen LogP contribution < -0.4 is 14.8 Å². The lowest BCUT2D eigenvalue weighted by Gasteiger charge is -2.00. The van der Waals surface area contributed by atoms with Crippen molar-refractivity contribution in [3.63, 3.8) is 0 Å². The Hall–Kier alpha value is -2.86. The van der Waals surface area contributed by atoms with Crippen LogP contribution >= 0.6 is 11.3 Å². The minimum Gasteiger partial charge on any atom is -0.497 e. The Bertz CT molecular complexity index is 918. The molecule has 0 fully saturated rings. The zero-order valence-corrected chi connectivity index (χ0v) is 14.8. The van der Waals surface area contributed by atoms with E-state index in [1.54, 1.807) is 13.2 Å². The summed E-state index contributed by atoms with van der Waals surface area (Å²) in [7, 11) is 1.61. The van der Waals surface area contributed by atoms with Gasteiger partial charge in [0.15, 0.2) is 5.13 Å². The SMILES string of the molecule is CCOc1ccc2nc(NC(=O)/C=C/c3cccc(OC)c3)sc2c1. The molecule has 2 aromatic carbocycles. The molecule has 5 nitrogen and oxygen atoms in total. The van der Waals surface area contributed by atoms with Crippen molar-refractivity contribution in [3.05, 3.63) is 54.1 Å². The second kappa shape index (κ2) is 7.81. The lowest BCUT2D eigenvalue weighted by Crippen LogP contribution is -2.07. The highest BCUT2D eigenvalue weighted by Crippen LogP contribution is 2.29. The summed E-state index contributed by atoms with van der Waals surface area (Å²) in [5.41, 5.74) is 1.72. The third kappa shape index (κ3) is 4.36. The van der Waals surface area contributed by atoms with Crippen molar-refractivity contribution < 1.29 is 14.3 Å². The average Bonchev–Trinajstić information content (AvgIpc) is 3.02. The minimum absolute atomic E-state index is 0.230. The van der Waals surface area contributed by atoms with Gasteiger partial charge < -0.3 is 9.47 Å². The molecule has 0 unspecified atom stereocenters. The molecule has 0 aliphatic rings. The highest BCUT2D eigenvalue weighted by Gasteiger charge is 2.07. The van der Waals surface area contributed by atoms with Gasteiger partial charge in [-0.2, -0.15) is 0 Å². The van der Waals surface area contributed by atoms with Crippen LogP contribution in [0.1, 0.15) is 12.5 Å². The maximum Gasteiger partial charge on any atom is 0.250 e. The molecule has 0 aliphatic heterocycles. The molecule has 3 aromatic rings. The number of fused-ring (bicyclic) bond motifs is 1. The molecule has 6 heteroatoms. The van der Waals surface area contributed by atoms with E-state index in [9.17, 15) is 4.79 Å². The molecule has 25 heavy (non-hydrogen) atoms. The Kier molecular flexibility index (Phi) is 5.30. The first-order valence-electron chi connectivity index (χ1n) is 7.84. The maximum atomic E-state index is 12.1. The Balaban J connectivity index is 1.69. The first kappa shape index (κ1) is 17.0. The van der Waals surface area contributed by atoms with Crippen LogP contribution in [0.2, 0.25) is 0 Å². The fraction of sp³-hybridized carbons (Fsp3) is 0.158. The van der Waals surface area contributed by atoms with E-state index in [4.69, 9.17) is 9.47 Å². The summed E-state index contributed by atoms with van der Waals surface area (Å²) in [5.74, 6) is 1.32. The number of carbonyl (C=O) groups excluding carboxylic acids is 1. The number of hydrogen-bond donors (Lipinski definition) is 1. The summed E-state index contributed by atoms with van der Waals surface area (Å²) >= 11 is 1.42.